The molecule has 2 heteroatoms. The SMILES string of the molecule is CC(C)c1ccc(N(c2ccc(C3CCCCC3)cc2)c2cc3c4ccccc4c(N(c4ccc(C(C)C)cc4)C4C=CC(C5CCCCC5)=CC4)cc3c3ccccc23)cc1. The molecule has 0 aromatic heterocycles. The van der Waals surface area contributed by atoms with Gasteiger partial charge in [0.25, 0.3) is 0 Å². The van der Waals surface area contributed by atoms with Crippen molar-refractivity contribution in [2.45, 2.75) is 122 Å². The smallest absolute Gasteiger partial charge is 0.0560 e. The second kappa shape index (κ2) is 17.6. The predicted octanol–water partition coefficient (Wildman–Crippen LogP) is 17.9. The van der Waals surface area contributed by atoms with Gasteiger partial charge in [0.05, 0.1) is 17.4 Å². The fraction of sp³-hybridized carbons (Fsp3) is 0.333. The molecule has 2 fully saturated rings. The summed E-state index contributed by atoms with van der Waals surface area (Å²) >= 11 is 0. The number of allylic oxidation sites excluding steroid dienone is 2. The van der Waals surface area contributed by atoms with Crippen LogP contribution in [0.15, 0.2) is 157 Å². The van der Waals surface area contributed by atoms with Crippen LogP contribution in [-0.2, 0) is 0 Å². The highest BCUT2D eigenvalue weighted by atomic mass is 15.2. The summed E-state index contributed by atoms with van der Waals surface area (Å²) < 4.78 is 0. The third kappa shape index (κ3) is 7.87. The number of hydrogen-bond donors (Lipinski definition) is 0. The van der Waals surface area contributed by atoms with E-state index in [2.05, 4.69) is 189 Å². The Kier molecular flexibility index (Phi) is 11.5. The zero-order chi connectivity index (χ0) is 42.2. The molecule has 314 valence electrons. The summed E-state index contributed by atoms with van der Waals surface area (Å²) in [6.45, 7) is 9.15. The molecule has 0 spiro atoms. The molecule has 0 aliphatic heterocycles. The summed E-state index contributed by atoms with van der Waals surface area (Å²) in [7, 11) is 0. The maximum absolute atomic E-state index is 2.65. The molecule has 1 atom stereocenters. The van der Waals surface area contributed by atoms with Crippen LogP contribution in [0.3, 0.4) is 0 Å². The first-order valence-corrected chi connectivity index (χ1v) is 24.1. The zero-order valence-corrected chi connectivity index (χ0v) is 37.5. The van der Waals surface area contributed by atoms with Crippen molar-refractivity contribution in [1.29, 1.82) is 0 Å². The maximum Gasteiger partial charge on any atom is 0.0560 e. The molecule has 7 aromatic rings. The van der Waals surface area contributed by atoms with Gasteiger partial charge in [0.15, 0.2) is 0 Å². The van der Waals surface area contributed by atoms with Gasteiger partial charge < -0.3 is 9.80 Å². The molecule has 0 saturated heterocycles. The van der Waals surface area contributed by atoms with Gasteiger partial charge in [0.1, 0.15) is 0 Å². The molecule has 7 aromatic carbocycles. The second-order valence-corrected chi connectivity index (χ2v) is 19.3. The Morgan fingerprint density at radius 2 is 0.919 bits per heavy atom. The maximum atomic E-state index is 2.65. The Balaban J connectivity index is 1.15. The van der Waals surface area contributed by atoms with Crippen molar-refractivity contribution in [3.63, 3.8) is 0 Å². The van der Waals surface area contributed by atoms with Crippen LogP contribution in [0.1, 0.15) is 133 Å². The molecular weight excluding hydrogens is 749 g/mol. The molecule has 62 heavy (non-hydrogen) atoms. The van der Waals surface area contributed by atoms with Gasteiger partial charge in [0.2, 0.25) is 0 Å². The minimum absolute atomic E-state index is 0.208. The zero-order valence-electron chi connectivity index (χ0n) is 37.5. The second-order valence-electron chi connectivity index (χ2n) is 19.3. The molecule has 10 rings (SSSR count). The molecule has 3 aliphatic carbocycles. The van der Waals surface area contributed by atoms with Crippen LogP contribution in [0.25, 0.3) is 32.3 Å². The number of benzene rings is 7. The van der Waals surface area contributed by atoms with Gasteiger partial charge in [-0.25, -0.2) is 0 Å². The molecule has 0 amide bonds. The van der Waals surface area contributed by atoms with Crippen LogP contribution in [0, 0.1) is 5.92 Å². The van der Waals surface area contributed by atoms with E-state index in [9.17, 15) is 0 Å². The average Bonchev–Trinajstić information content (AvgIpc) is 3.33. The van der Waals surface area contributed by atoms with Crippen molar-refractivity contribution in [2.75, 3.05) is 9.80 Å². The quantitative estimate of drug-likeness (QED) is 0.127. The first kappa shape index (κ1) is 40.5. The van der Waals surface area contributed by atoms with E-state index < -0.39 is 0 Å². The van der Waals surface area contributed by atoms with Crippen LogP contribution >= 0.6 is 0 Å². The molecule has 1 unspecified atom stereocenters. The Morgan fingerprint density at radius 3 is 1.44 bits per heavy atom. The fourth-order valence-electron chi connectivity index (χ4n) is 11.1. The number of fused-ring (bicyclic) bond motifs is 5. The molecule has 3 aliphatic rings. The summed E-state index contributed by atoms with van der Waals surface area (Å²) in [5.41, 5.74) is 11.9. The first-order valence-electron chi connectivity index (χ1n) is 24.1. The standard InChI is InChI=1S/C60H64N2/c1-41(2)43-23-31-49(32-24-43)61(51-35-27-47(28-36-51)45-15-7-5-8-16-45)59-39-57-54-20-12-14-22-56(54)60(40-58(57)53-19-11-13-21-55(53)59)62(50-33-25-44(26-34-50)42(3)4)52-37-29-48(30-38-52)46-17-9-6-10-18-46/h11-14,19-37,39-42,45-46,52H,5-10,15-18,38H2,1-4H3. The van der Waals surface area contributed by atoms with Gasteiger partial charge in [-0.2, -0.15) is 0 Å². The van der Waals surface area contributed by atoms with E-state index >= 15 is 0 Å². The van der Waals surface area contributed by atoms with E-state index in [-0.39, 0.29) is 6.04 Å². The van der Waals surface area contributed by atoms with Gasteiger partial charge in [-0.1, -0.05) is 169 Å². The average molecular weight is 813 g/mol. The molecule has 2 nitrogen and oxygen atoms in total. The van der Waals surface area contributed by atoms with E-state index in [4.69, 9.17) is 0 Å². The van der Waals surface area contributed by atoms with E-state index in [0.717, 1.165) is 6.42 Å². The number of hydrogen-bond acceptors (Lipinski definition) is 2. The van der Waals surface area contributed by atoms with Gasteiger partial charge in [-0.3, -0.25) is 0 Å². The van der Waals surface area contributed by atoms with E-state index in [1.54, 1.807) is 5.57 Å². The van der Waals surface area contributed by atoms with E-state index in [1.807, 2.05) is 0 Å². The lowest BCUT2D eigenvalue weighted by Gasteiger charge is -2.36. The first-order chi connectivity index (χ1) is 30.4. The summed E-state index contributed by atoms with van der Waals surface area (Å²) in [4.78, 5) is 5.17. The van der Waals surface area contributed by atoms with Gasteiger partial charge in [-0.05, 0) is 148 Å². The third-order valence-electron chi connectivity index (χ3n) is 14.7. The topological polar surface area (TPSA) is 6.48 Å². The lowest BCUT2D eigenvalue weighted by Crippen LogP contribution is -2.31. The Morgan fingerprint density at radius 1 is 0.452 bits per heavy atom. The molecule has 0 heterocycles. The third-order valence-corrected chi connectivity index (χ3v) is 14.7. The Labute approximate surface area is 371 Å². The van der Waals surface area contributed by atoms with Crippen LogP contribution in [0.4, 0.5) is 28.4 Å². The normalized spacial score (nSPS) is 17.6. The van der Waals surface area contributed by atoms with Gasteiger partial charge in [-0.15, -0.1) is 0 Å². The summed E-state index contributed by atoms with van der Waals surface area (Å²) in [6, 6.07) is 51.9. The van der Waals surface area contributed by atoms with Gasteiger partial charge in [0, 0.05) is 27.8 Å². The van der Waals surface area contributed by atoms with Crippen molar-refractivity contribution in [3.05, 3.63) is 174 Å². The van der Waals surface area contributed by atoms with Crippen molar-refractivity contribution in [1.82, 2.24) is 0 Å². The minimum atomic E-state index is 0.208. The van der Waals surface area contributed by atoms with E-state index in [0.29, 0.717) is 23.7 Å². The number of rotatable bonds is 10. The highest BCUT2D eigenvalue weighted by Crippen LogP contribution is 2.48. The molecule has 0 bridgehead atoms. The molecule has 0 N–H and O–H groups in total. The monoisotopic (exact) mass is 813 g/mol. The van der Waals surface area contributed by atoms with Crippen LogP contribution in [0.2, 0.25) is 0 Å². The van der Waals surface area contributed by atoms with Crippen LogP contribution in [-0.4, -0.2) is 6.04 Å². The van der Waals surface area contributed by atoms with E-state index in [1.165, 1.54) is 142 Å². The van der Waals surface area contributed by atoms with Crippen molar-refractivity contribution < 1.29 is 0 Å². The van der Waals surface area contributed by atoms with Gasteiger partial charge >= 0.3 is 0 Å². The molecule has 2 saturated carbocycles. The Bertz CT molecular complexity index is 2720. The lowest BCUT2D eigenvalue weighted by atomic mass is 9.81. The molecule has 0 radical (unpaired) electrons. The highest BCUT2D eigenvalue weighted by molar-refractivity contribution is 6.24. The van der Waals surface area contributed by atoms with Crippen molar-refractivity contribution in [3.8, 4) is 0 Å². The van der Waals surface area contributed by atoms with Crippen LogP contribution in [0.5, 0.6) is 0 Å². The number of nitrogens with zero attached hydrogens (tertiary/aromatic N) is 2. The number of anilines is 5. The molecular formula is C60H64N2. The largest absolute Gasteiger partial charge is 0.334 e. The summed E-state index contributed by atoms with van der Waals surface area (Å²) in [6.07, 6.45) is 22.0. The fourth-order valence-corrected chi connectivity index (χ4v) is 11.1. The predicted molar refractivity (Wildman–Crippen MR) is 268 cm³/mol. The lowest BCUT2D eigenvalue weighted by molar-refractivity contribution is 0.406. The summed E-state index contributed by atoms with van der Waals surface area (Å²) in [5.74, 6) is 2.34. The van der Waals surface area contributed by atoms with Crippen LogP contribution < -0.4 is 9.80 Å². The summed E-state index contributed by atoms with van der Waals surface area (Å²) in [5, 5.41) is 7.70. The van der Waals surface area contributed by atoms with Crippen molar-refractivity contribution in [2.24, 2.45) is 5.92 Å². The highest BCUT2D eigenvalue weighted by Gasteiger charge is 2.27. The minimum Gasteiger partial charge on any atom is -0.334 e. The Hall–Kier alpha value is -5.60. The van der Waals surface area contributed by atoms with Crippen molar-refractivity contribution >= 4 is 60.8 Å².